The molecule has 0 atom stereocenters. The predicted octanol–water partition coefficient (Wildman–Crippen LogP) is 0.604. The van der Waals surface area contributed by atoms with Crippen molar-refractivity contribution in [2.45, 2.75) is 19.8 Å². The van der Waals surface area contributed by atoms with Crippen molar-refractivity contribution < 1.29 is 5.21 Å². The van der Waals surface area contributed by atoms with Crippen LogP contribution in [0.5, 0.6) is 0 Å². The lowest BCUT2D eigenvalue weighted by Crippen LogP contribution is -2.20. The van der Waals surface area contributed by atoms with E-state index in [4.69, 9.17) is 5.21 Å². The molecule has 0 saturated carbocycles. The Morgan fingerprint density at radius 3 is 2.64 bits per heavy atom. The molecule has 0 aliphatic rings. The number of hydrogen-bond acceptors (Lipinski definition) is 3. The molecule has 1 heterocycles. The summed E-state index contributed by atoms with van der Waals surface area (Å²) in [6.07, 6.45) is 0. The van der Waals surface area contributed by atoms with Crippen molar-refractivity contribution in [3.63, 3.8) is 0 Å². The van der Waals surface area contributed by atoms with Gasteiger partial charge in [-0.3, -0.25) is 4.79 Å². The van der Waals surface area contributed by atoms with E-state index < -0.39 is 5.56 Å². The average Bonchev–Trinajstić information content (AvgIpc) is 1.94. The second kappa shape index (κ2) is 2.74. The van der Waals surface area contributed by atoms with Gasteiger partial charge in [0, 0.05) is 6.07 Å². The van der Waals surface area contributed by atoms with Gasteiger partial charge in [-0.05, 0) is 12.0 Å². The summed E-state index contributed by atoms with van der Waals surface area (Å²) in [5, 5.41) is 12.5. The van der Waals surface area contributed by atoms with E-state index in [0.717, 1.165) is 0 Å². The highest BCUT2D eigenvalue weighted by Crippen LogP contribution is 2.07. The molecule has 60 valence electrons. The van der Waals surface area contributed by atoms with Gasteiger partial charge in [0.25, 0.3) is 0 Å². The van der Waals surface area contributed by atoms with Crippen LogP contribution in [-0.4, -0.2) is 15.2 Å². The highest BCUT2D eigenvalue weighted by atomic mass is 16.5. The molecule has 0 aliphatic heterocycles. The summed E-state index contributed by atoms with van der Waals surface area (Å²) in [5.74, 6) is 0.217. The summed E-state index contributed by atoms with van der Waals surface area (Å²) in [7, 11) is 0. The molecule has 0 saturated heterocycles. The Balaban J connectivity index is 3.15. The maximum absolute atomic E-state index is 10.6. The molecule has 4 nitrogen and oxygen atoms in total. The van der Waals surface area contributed by atoms with E-state index in [9.17, 15) is 4.79 Å². The zero-order chi connectivity index (χ0) is 8.43. The molecule has 1 aromatic heterocycles. The lowest BCUT2D eigenvalue weighted by molar-refractivity contribution is 0.131. The van der Waals surface area contributed by atoms with Gasteiger partial charge < -0.3 is 5.21 Å². The minimum atomic E-state index is -0.505. The van der Waals surface area contributed by atoms with Crippen LogP contribution in [0.4, 0.5) is 0 Å². The number of rotatable bonds is 1. The van der Waals surface area contributed by atoms with Crippen molar-refractivity contribution in [1.82, 2.24) is 9.94 Å². The van der Waals surface area contributed by atoms with Crippen LogP contribution < -0.4 is 5.56 Å². The smallest absolute Gasteiger partial charge is 0.302 e. The average molecular weight is 154 g/mol. The number of hydrogen-bond donors (Lipinski definition) is 1. The van der Waals surface area contributed by atoms with Crippen molar-refractivity contribution >= 4 is 0 Å². The number of nitrogens with zero attached hydrogens (tertiary/aromatic N) is 2. The molecule has 0 amide bonds. The Labute approximate surface area is 64.1 Å². The maximum atomic E-state index is 10.6. The van der Waals surface area contributed by atoms with Crippen molar-refractivity contribution in [1.29, 1.82) is 0 Å². The van der Waals surface area contributed by atoms with Crippen LogP contribution in [0.1, 0.15) is 25.5 Å². The molecule has 0 bridgehead atoms. The Morgan fingerprint density at radius 2 is 2.18 bits per heavy atom. The summed E-state index contributed by atoms with van der Waals surface area (Å²) in [5.41, 5.74) is 0.196. The van der Waals surface area contributed by atoms with Gasteiger partial charge in [-0.2, -0.15) is 0 Å². The monoisotopic (exact) mass is 154 g/mol. The first-order valence-corrected chi connectivity index (χ1v) is 3.41. The third-order valence-electron chi connectivity index (χ3n) is 1.40. The van der Waals surface area contributed by atoms with Crippen LogP contribution in [-0.2, 0) is 0 Å². The van der Waals surface area contributed by atoms with Crippen LogP contribution >= 0.6 is 0 Å². The van der Waals surface area contributed by atoms with Crippen molar-refractivity contribution in [3.8, 4) is 0 Å². The topological polar surface area (TPSA) is 55.1 Å². The fourth-order valence-corrected chi connectivity index (χ4v) is 0.723. The van der Waals surface area contributed by atoms with E-state index in [1.807, 2.05) is 13.8 Å². The highest BCUT2D eigenvalue weighted by Gasteiger charge is 2.01. The SMILES string of the molecule is CC(C)c1ccc(=O)n(O)n1. The van der Waals surface area contributed by atoms with Crippen LogP contribution in [0.3, 0.4) is 0 Å². The second-order valence-corrected chi connectivity index (χ2v) is 2.64. The molecular formula is C7H10N2O2. The third kappa shape index (κ3) is 1.58. The van der Waals surface area contributed by atoms with Gasteiger partial charge in [-0.25, -0.2) is 0 Å². The molecule has 4 heteroatoms. The zero-order valence-corrected chi connectivity index (χ0v) is 6.48. The van der Waals surface area contributed by atoms with Crippen LogP contribution in [0.2, 0.25) is 0 Å². The summed E-state index contributed by atoms with van der Waals surface area (Å²) >= 11 is 0. The summed E-state index contributed by atoms with van der Waals surface area (Å²) in [6.45, 7) is 3.87. The molecule has 0 unspecified atom stereocenters. The minimum Gasteiger partial charge on any atom is -0.409 e. The fraction of sp³-hybridized carbons (Fsp3) is 0.429. The lowest BCUT2D eigenvalue weighted by Gasteiger charge is -2.02. The molecule has 1 rings (SSSR count). The van der Waals surface area contributed by atoms with Crippen molar-refractivity contribution in [2.24, 2.45) is 0 Å². The Kier molecular flexibility index (Phi) is 1.94. The van der Waals surface area contributed by atoms with Gasteiger partial charge in [0.05, 0.1) is 5.69 Å². The van der Waals surface area contributed by atoms with E-state index >= 15 is 0 Å². The quantitative estimate of drug-likeness (QED) is 0.603. The van der Waals surface area contributed by atoms with Gasteiger partial charge in [-0.15, -0.1) is 5.10 Å². The molecule has 0 fully saturated rings. The van der Waals surface area contributed by atoms with Crippen LogP contribution in [0.25, 0.3) is 0 Å². The molecule has 1 aromatic rings. The summed E-state index contributed by atoms with van der Waals surface area (Å²) in [4.78, 5) is 11.0. The Hall–Kier alpha value is -1.32. The van der Waals surface area contributed by atoms with Gasteiger partial charge in [0.1, 0.15) is 0 Å². The van der Waals surface area contributed by atoms with E-state index in [0.29, 0.717) is 10.5 Å². The molecule has 0 radical (unpaired) electrons. The molecule has 1 N–H and O–H groups in total. The van der Waals surface area contributed by atoms with Gasteiger partial charge >= 0.3 is 5.56 Å². The lowest BCUT2D eigenvalue weighted by atomic mass is 10.1. The molecule has 0 aliphatic carbocycles. The van der Waals surface area contributed by atoms with E-state index in [1.54, 1.807) is 6.07 Å². The van der Waals surface area contributed by atoms with Crippen LogP contribution in [0.15, 0.2) is 16.9 Å². The van der Waals surface area contributed by atoms with Crippen LogP contribution in [0, 0.1) is 0 Å². The molecule has 11 heavy (non-hydrogen) atoms. The first-order chi connectivity index (χ1) is 5.11. The molecular weight excluding hydrogens is 144 g/mol. The van der Waals surface area contributed by atoms with Gasteiger partial charge in [-0.1, -0.05) is 18.7 Å². The minimum absolute atomic E-state index is 0.217. The predicted molar refractivity (Wildman–Crippen MR) is 39.8 cm³/mol. The van der Waals surface area contributed by atoms with Gasteiger partial charge in [0.15, 0.2) is 0 Å². The zero-order valence-electron chi connectivity index (χ0n) is 6.48. The third-order valence-corrected chi connectivity index (χ3v) is 1.40. The number of aromatic nitrogens is 2. The standard InChI is InChI=1S/C7H10N2O2/c1-5(2)6-3-4-7(10)9(11)8-6/h3-5,11H,1-2H3. The van der Waals surface area contributed by atoms with Crippen molar-refractivity contribution in [2.75, 3.05) is 0 Å². The first kappa shape index (κ1) is 7.78. The highest BCUT2D eigenvalue weighted by molar-refractivity contribution is 5.03. The van der Waals surface area contributed by atoms with Gasteiger partial charge in [0.2, 0.25) is 0 Å². The van der Waals surface area contributed by atoms with E-state index in [2.05, 4.69) is 5.10 Å². The van der Waals surface area contributed by atoms with Crippen molar-refractivity contribution in [3.05, 3.63) is 28.2 Å². The summed E-state index contributed by atoms with van der Waals surface area (Å²) < 4.78 is 0. The Bertz CT molecular complexity index is 304. The first-order valence-electron chi connectivity index (χ1n) is 3.41. The maximum Gasteiger partial charge on any atom is 0.302 e. The fourth-order valence-electron chi connectivity index (χ4n) is 0.723. The largest absolute Gasteiger partial charge is 0.409 e. The van der Waals surface area contributed by atoms with E-state index in [1.165, 1.54) is 6.07 Å². The Morgan fingerprint density at radius 1 is 1.55 bits per heavy atom. The van der Waals surface area contributed by atoms with E-state index in [-0.39, 0.29) is 5.92 Å². The normalized spacial score (nSPS) is 10.5. The molecule has 0 aromatic carbocycles. The summed E-state index contributed by atoms with van der Waals surface area (Å²) in [6, 6.07) is 2.90. The molecule has 0 spiro atoms. The second-order valence-electron chi connectivity index (χ2n) is 2.64.